The van der Waals surface area contributed by atoms with Crippen molar-refractivity contribution in [3.63, 3.8) is 0 Å². The Balaban J connectivity index is 1.93. The molecule has 3 heterocycles. The van der Waals surface area contributed by atoms with Crippen LogP contribution in [-0.4, -0.2) is 31.5 Å². The lowest BCUT2D eigenvalue weighted by Crippen LogP contribution is -2.12. The van der Waals surface area contributed by atoms with Gasteiger partial charge in [0.1, 0.15) is 21.9 Å². The van der Waals surface area contributed by atoms with Crippen LogP contribution < -0.4 is 5.32 Å². The van der Waals surface area contributed by atoms with E-state index in [9.17, 15) is 0 Å². The van der Waals surface area contributed by atoms with Crippen molar-refractivity contribution in [1.82, 2.24) is 30.2 Å². The first-order chi connectivity index (χ1) is 9.88. The molecule has 0 saturated carbocycles. The first kappa shape index (κ1) is 13.0. The number of nitrogens with one attached hydrogen (secondary N) is 2. The van der Waals surface area contributed by atoms with Crippen LogP contribution >= 0.6 is 11.8 Å². The zero-order valence-corrected chi connectivity index (χ0v) is 11.8. The summed E-state index contributed by atoms with van der Waals surface area (Å²) in [6, 6.07) is 4.02. The maximum Gasteiger partial charge on any atom is 0.181 e. The number of fused-ring (bicyclic) bond motifs is 1. The number of H-pyrrole nitrogens is 1. The molecule has 0 aliphatic carbocycles. The third kappa shape index (κ3) is 2.63. The van der Waals surface area contributed by atoms with E-state index in [2.05, 4.69) is 43.2 Å². The molecule has 3 aromatic heterocycles. The third-order valence-corrected chi connectivity index (χ3v) is 3.86. The van der Waals surface area contributed by atoms with Gasteiger partial charge >= 0.3 is 0 Å². The van der Waals surface area contributed by atoms with Crippen LogP contribution in [0.5, 0.6) is 0 Å². The summed E-state index contributed by atoms with van der Waals surface area (Å²) in [5.74, 6) is 0. The Bertz CT molecular complexity index is 711. The van der Waals surface area contributed by atoms with E-state index in [1.807, 2.05) is 6.07 Å². The summed E-state index contributed by atoms with van der Waals surface area (Å²) >= 11 is 1.53. The molecule has 0 unspecified atom stereocenters. The predicted molar refractivity (Wildman–Crippen MR) is 77.4 cm³/mol. The number of pyridine rings is 1. The topological polar surface area (TPSA) is 79.4 Å². The largest absolute Gasteiger partial charge is 0.341 e. The normalized spacial score (nSPS) is 11.1. The van der Waals surface area contributed by atoms with Crippen molar-refractivity contribution in [2.75, 3.05) is 6.54 Å². The second-order valence-corrected chi connectivity index (χ2v) is 5.11. The minimum atomic E-state index is 0.673. The van der Waals surface area contributed by atoms with Crippen LogP contribution in [-0.2, 0) is 6.54 Å². The number of aromatic nitrogens is 5. The third-order valence-electron chi connectivity index (χ3n) is 2.80. The van der Waals surface area contributed by atoms with Crippen molar-refractivity contribution in [2.45, 2.75) is 23.5 Å². The van der Waals surface area contributed by atoms with Gasteiger partial charge in [-0.2, -0.15) is 0 Å². The molecular formula is C13H14N6S. The summed E-state index contributed by atoms with van der Waals surface area (Å²) in [5.41, 5.74) is 2.68. The smallest absolute Gasteiger partial charge is 0.181 e. The molecule has 3 rings (SSSR count). The lowest BCUT2D eigenvalue weighted by molar-refractivity contribution is 0.711. The van der Waals surface area contributed by atoms with Crippen molar-refractivity contribution < 1.29 is 0 Å². The van der Waals surface area contributed by atoms with E-state index in [-0.39, 0.29) is 0 Å². The Hall–Kier alpha value is -1.99. The summed E-state index contributed by atoms with van der Waals surface area (Å²) in [5, 5.41) is 5.10. The summed E-state index contributed by atoms with van der Waals surface area (Å²) in [7, 11) is 0. The molecule has 0 aromatic carbocycles. The summed E-state index contributed by atoms with van der Waals surface area (Å²) in [6.07, 6.45) is 4.95. The van der Waals surface area contributed by atoms with Crippen LogP contribution in [0, 0.1) is 0 Å². The molecule has 102 valence electrons. The van der Waals surface area contributed by atoms with Gasteiger partial charge in [0.05, 0.1) is 6.33 Å². The highest BCUT2D eigenvalue weighted by molar-refractivity contribution is 7.99. The molecule has 20 heavy (non-hydrogen) atoms. The molecule has 0 aliphatic rings. The van der Waals surface area contributed by atoms with Gasteiger partial charge in [0.25, 0.3) is 0 Å². The van der Waals surface area contributed by atoms with Gasteiger partial charge in [-0.15, -0.1) is 0 Å². The summed E-state index contributed by atoms with van der Waals surface area (Å²) in [4.78, 5) is 20.1. The number of nitrogens with zero attached hydrogens (tertiary/aromatic N) is 4. The van der Waals surface area contributed by atoms with Gasteiger partial charge in [-0.05, 0) is 29.9 Å². The summed E-state index contributed by atoms with van der Waals surface area (Å²) < 4.78 is 0. The van der Waals surface area contributed by atoms with E-state index in [1.165, 1.54) is 18.1 Å². The fourth-order valence-electron chi connectivity index (χ4n) is 1.82. The molecule has 0 spiro atoms. The quantitative estimate of drug-likeness (QED) is 0.698. The van der Waals surface area contributed by atoms with Crippen LogP contribution in [0.1, 0.15) is 12.5 Å². The minimum absolute atomic E-state index is 0.673. The van der Waals surface area contributed by atoms with Gasteiger partial charge < -0.3 is 10.3 Å². The molecule has 0 radical (unpaired) electrons. The second-order valence-electron chi connectivity index (χ2n) is 4.13. The Morgan fingerprint density at radius 2 is 2.15 bits per heavy atom. The maximum atomic E-state index is 4.45. The van der Waals surface area contributed by atoms with Crippen molar-refractivity contribution in [2.24, 2.45) is 0 Å². The molecule has 0 atom stereocenters. The zero-order valence-electron chi connectivity index (χ0n) is 11.0. The maximum absolute atomic E-state index is 4.45. The van der Waals surface area contributed by atoms with Gasteiger partial charge in [0, 0.05) is 12.7 Å². The molecule has 3 aromatic rings. The number of hydrogen-bond acceptors (Lipinski definition) is 6. The fourth-order valence-corrected chi connectivity index (χ4v) is 2.74. The van der Waals surface area contributed by atoms with E-state index < -0.39 is 0 Å². The van der Waals surface area contributed by atoms with Crippen molar-refractivity contribution in [3.8, 4) is 0 Å². The molecule has 2 N–H and O–H groups in total. The molecule has 0 saturated heterocycles. The highest BCUT2D eigenvalue weighted by Crippen LogP contribution is 2.30. The van der Waals surface area contributed by atoms with Crippen LogP contribution in [0.25, 0.3) is 11.2 Å². The Kier molecular flexibility index (Phi) is 3.89. The Morgan fingerprint density at radius 1 is 1.20 bits per heavy atom. The molecule has 6 nitrogen and oxygen atoms in total. The number of rotatable bonds is 5. The predicted octanol–water partition coefficient (Wildman–Crippen LogP) is 2.01. The zero-order chi connectivity index (χ0) is 13.8. The van der Waals surface area contributed by atoms with E-state index in [0.717, 1.165) is 34.2 Å². The summed E-state index contributed by atoms with van der Waals surface area (Å²) in [6.45, 7) is 3.81. The second kappa shape index (κ2) is 5.98. The minimum Gasteiger partial charge on any atom is -0.341 e. The first-order valence-corrected chi connectivity index (χ1v) is 7.16. The molecule has 0 fully saturated rings. The molecule has 7 heteroatoms. The highest BCUT2D eigenvalue weighted by Gasteiger charge is 2.11. The van der Waals surface area contributed by atoms with Gasteiger partial charge in [-0.25, -0.2) is 19.9 Å². The molecule has 0 aliphatic heterocycles. The molecule has 0 bridgehead atoms. The SMILES string of the molecule is CCNCc1cccnc1Sc1ncnc2nc[nH]c12. The van der Waals surface area contributed by atoms with Crippen LogP contribution in [0.4, 0.5) is 0 Å². The van der Waals surface area contributed by atoms with Gasteiger partial charge in [0.15, 0.2) is 5.65 Å². The Morgan fingerprint density at radius 3 is 3.05 bits per heavy atom. The molecular weight excluding hydrogens is 272 g/mol. The molecule has 0 amide bonds. The van der Waals surface area contributed by atoms with E-state index in [1.54, 1.807) is 12.5 Å². The first-order valence-electron chi connectivity index (χ1n) is 6.35. The standard InChI is InChI=1S/C13H14N6S/c1-2-14-6-9-4-3-5-15-12(9)20-13-10-11(17-7-16-10)18-8-19-13/h3-5,7-8,14H,2,6H2,1H3,(H,16,17,18,19). The number of aromatic amines is 1. The van der Waals surface area contributed by atoms with Crippen LogP contribution in [0.15, 0.2) is 41.0 Å². The van der Waals surface area contributed by atoms with Gasteiger partial charge in [0.2, 0.25) is 0 Å². The van der Waals surface area contributed by atoms with Gasteiger partial charge in [-0.3, -0.25) is 0 Å². The monoisotopic (exact) mass is 286 g/mol. The average Bonchev–Trinajstić information content (AvgIpc) is 2.96. The van der Waals surface area contributed by atoms with E-state index >= 15 is 0 Å². The van der Waals surface area contributed by atoms with Crippen LogP contribution in [0.2, 0.25) is 0 Å². The fraction of sp³-hybridized carbons (Fsp3) is 0.231. The highest BCUT2D eigenvalue weighted by atomic mass is 32.2. The lowest BCUT2D eigenvalue weighted by atomic mass is 10.3. The van der Waals surface area contributed by atoms with Crippen molar-refractivity contribution in [1.29, 1.82) is 0 Å². The Labute approximate surface area is 120 Å². The average molecular weight is 286 g/mol. The lowest BCUT2D eigenvalue weighted by Gasteiger charge is -2.08. The van der Waals surface area contributed by atoms with Crippen molar-refractivity contribution in [3.05, 3.63) is 36.5 Å². The number of imidazole rings is 1. The van der Waals surface area contributed by atoms with Gasteiger partial charge in [-0.1, -0.05) is 13.0 Å². The van der Waals surface area contributed by atoms with Crippen LogP contribution in [0.3, 0.4) is 0 Å². The van der Waals surface area contributed by atoms with E-state index in [4.69, 9.17) is 0 Å². The van der Waals surface area contributed by atoms with Crippen molar-refractivity contribution >= 4 is 22.9 Å². The van der Waals surface area contributed by atoms with E-state index in [0.29, 0.717) is 5.65 Å². The number of hydrogen-bond donors (Lipinski definition) is 2.